The highest BCUT2D eigenvalue weighted by Crippen LogP contribution is 2.22. The summed E-state index contributed by atoms with van der Waals surface area (Å²) in [5.74, 6) is 0.453. The number of hydrogen-bond donors (Lipinski definition) is 2. The SMILES string of the molecule is C/C(=N/Nc1ncc(Cl)cc1Cl)c1cccc(N)c1. The normalized spacial score (nSPS) is 11.4. The minimum absolute atomic E-state index is 0.414. The molecule has 6 heteroatoms. The van der Waals surface area contributed by atoms with Gasteiger partial charge in [-0.25, -0.2) is 4.98 Å². The molecule has 4 nitrogen and oxygen atoms in total. The van der Waals surface area contributed by atoms with Crippen LogP contribution in [0.3, 0.4) is 0 Å². The van der Waals surface area contributed by atoms with Crippen molar-refractivity contribution in [3.63, 3.8) is 0 Å². The van der Waals surface area contributed by atoms with Gasteiger partial charge in [-0.05, 0) is 30.7 Å². The number of nitrogens with zero attached hydrogens (tertiary/aromatic N) is 2. The molecule has 0 atom stereocenters. The average molecular weight is 295 g/mol. The van der Waals surface area contributed by atoms with Crippen molar-refractivity contribution >= 4 is 40.4 Å². The van der Waals surface area contributed by atoms with Gasteiger partial charge in [-0.15, -0.1) is 0 Å². The molecule has 2 rings (SSSR count). The lowest BCUT2D eigenvalue weighted by molar-refractivity contribution is 1.22. The Hall–Kier alpha value is -1.78. The Morgan fingerprint density at radius 2 is 2.11 bits per heavy atom. The third kappa shape index (κ3) is 3.59. The van der Waals surface area contributed by atoms with Gasteiger partial charge in [-0.2, -0.15) is 5.10 Å². The van der Waals surface area contributed by atoms with E-state index in [4.69, 9.17) is 28.9 Å². The van der Waals surface area contributed by atoms with Gasteiger partial charge < -0.3 is 5.73 Å². The van der Waals surface area contributed by atoms with Crippen LogP contribution >= 0.6 is 23.2 Å². The van der Waals surface area contributed by atoms with E-state index in [1.165, 1.54) is 6.20 Å². The van der Waals surface area contributed by atoms with E-state index in [0.29, 0.717) is 21.6 Å². The maximum atomic E-state index is 5.99. The summed E-state index contributed by atoms with van der Waals surface area (Å²) in [7, 11) is 0. The number of nitrogens with two attached hydrogens (primary N) is 1. The standard InChI is InChI=1S/C13H12Cl2N4/c1-8(9-3-2-4-11(16)5-9)18-19-13-12(15)6-10(14)7-17-13/h2-7H,16H2,1H3,(H,17,19)/b18-8-. The van der Waals surface area contributed by atoms with Gasteiger partial charge in [0.15, 0.2) is 5.82 Å². The number of rotatable bonds is 3. The van der Waals surface area contributed by atoms with Crippen LogP contribution in [0.4, 0.5) is 11.5 Å². The average Bonchev–Trinajstić information content (AvgIpc) is 2.37. The van der Waals surface area contributed by atoms with E-state index in [2.05, 4.69) is 15.5 Å². The van der Waals surface area contributed by atoms with Crippen molar-refractivity contribution in [3.8, 4) is 0 Å². The van der Waals surface area contributed by atoms with Crippen LogP contribution < -0.4 is 11.2 Å². The monoisotopic (exact) mass is 294 g/mol. The molecule has 0 spiro atoms. The molecule has 1 aromatic carbocycles. The number of pyridine rings is 1. The second kappa shape index (κ2) is 5.91. The van der Waals surface area contributed by atoms with Crippen molar-refractivity contribution in [3.05, 3.63) is 52.1 Å². The fourth-order valence-corrected chi connectivity index (χ4v) is 1.88. The van der Waals surface area contributed by atoms with Crippen LogP contribution in [0.25, 0.3) is 0 Å². The summed E-state index contributed by atoms with van der Waals surface area (Å²) in [6.45, 7) is 1.87. The summed E-state index contributed by atoms with van der Waals surface area (Å²) >= 11 is 11.8. The third-order valence-corrected chi connectivity index (χ3v) is 2.94. The molecular weight excluding hydrogens is 283 g/mol. The number of hydrogen-bond acceptors (Lipinski definition) is 4. The van der Waals surface area contributed by atoms with E-state index in [1.54, 1.807) is 6.07 Å². The highest BCUT2D eigenvalue weighted by atomic mass is 35.5. The minimum Gasteiger partial charge on any atom is -0.399 e. The Morgan fingerprint density at radius 3 is 2.79 bits per heavy atom. The number of nitrogen functional groups attached to an aromatic ring is 1. The molecule has 1 heterocycles. The highest BCUT2D eigenvalue weighted by molar-refractivity contribution is 6.35. The number of benzene rings is 1. The van der Waals surface area contributed by atoms with E-state index in [1.807, 2.05) is 31.2 Å². The molecule has 0 aliphatic heterocycles. The van der Waals surface area contributed by atoms with E-state index >= 15 is 0 Å². The van der Waals surface area contributed by atoms with Crippen molar-refractivity contribution in [2.24, 2.45) is 5.10 Å². The zero-order valence-corrected chi connectivity index (χ0v) is 11.7. The maximum Gasteiger partial charge on any atom is 0.165 e. The minimum atomic E-state index is 0.414. The molecule has 0 fully saturated rings. The van der Waals surface area contributed by atoms with Gasteiger partial charge in [0.05, 0.1) is 15.8 Å². The zero-order chi connectivity index (χ0) is 13.8. The molecule has 0 aliphatic carbocycles. The summed E-state index contributed by atoms with van der Waals surface area (Å²) in [5.41, 5.74) is 10.9. The van der Waals surface area contributed by atoms with Crippen LogP contribution in [0, 0.1) is 0 Å². The number of hydrazone groups is 1. The van der Waals surface area contributed by atoms with Crippen LogP contribution in [0.15, 0.2) is 41.6 Å². The number of aromatic nitrogens is 1. The third-order valence-electron chi connectivity index (χ3n) is 2.44. The van der Waals surface area contributed by atoms with Crippen molar-refractivity contribution in [2.75, 3.05) is 11.2 Å². The first-order valence-electron chi connectivity index (χ1n) is 5.53. The number of nitrogens with one attached hydrogen (secondary N) is 1. The Labute approximate surface area is 121 Å². The molecule has 0 unspecified atom stereocenters. The summed E-state index contributed by atoms with van der Waals surface area (Å²) in [5, 5.41) is 5.11. The predicted octanol–water partition coefficient (Wildman–Crippen LogP) is 3.81. The van der Waals surface area contributed by atoms with Crippen LogP contribution in [0.2, 0.25) is 10.0 Å². The molecule has 0 aliphatic rings. The largest absolute Gasteiger partial charge is 0.399 e. The fraction of sp³-hybridized carbons (Fsp3) is 0.0769. The van der Waals surface area contributed by atoms with Crippen LogP contribution in [-0.2, 0) is 0 Å². The van der Waals surface area contributed by atoms with E-state index in [0.717, 1.165) is 11.3 Å². The smallest absolute Gasteiger partial charge is 0.165 e. The van der Waals surface area contributed by atoms with Crippen molar-refractivity contribution in [1.29, 1.82) is 0 Å². The molecule has 1 aromatic heterocycles. The van der Waals surface area contributed by atoms with E-state index in [-0.39, 0.29) is 0 Å². The Morgan fingerprint density at radius 1 is 1.32 bits per heavy atom. The molecule has 0 radical (unpaired) electrons. The lowest BCUT2D eigenvalue weighted by Gasteiger charge is -2.05. The molecule has 3 N–H and O–H groups in total. The summed E-state index contributed by atoms with van der Waals surface area (Å²) in [4.78, 5) is 4.05. The first kappa shape index (κ1) is 13.6. The van der Waals surface area contributed by atoms with Crippen molar-refractivity contribution < 1.29 is 0 Å². The first-order chi connectivity index (χ1) is 9.06. The summed E-state index contributed by atoms with van der Waals surface area (Å²) < 4.78 is 0. The van der Waals surface area contributed by atoms with E-state index in [9.17, 15) is 0 Å². The Bertz CT molecular complexity index is 626. The van der Waals surface area contributed by atoms with Gasteiger partial charge >= 0.3 is 0 Å². The fourth-order valence-electron chi connectivity index (χ4n) is 1.46. The second-order valence-electron chi connectivity index (χ2n) is 3.92. The summed E-state index contributed by atoms with van der Waals surface area (Å²) in [6, 6.07) is 9.06. The van der Waals surface area contributed by atoms with Crippen LogP contribution in [0.1, 0.15) is 12.5 Å². The molecule has 2 aromatic rings. The van der Waals surface area contributed by atoms with Gasteiger partial charge in [-0.1, -0.05) is 35.3 Å². The molecule has 98 valence electrons. The van der Waals surface area contributed by atoms with E-state index < -0.39 is 0 Å². The molecule has 0 saturated heterocycles. The maximum absolute atomic E-state index is 5.99. The van der Waals surface area contributed by atoms with Gasteiger partial charge in [0.1, 0.15) is 0 Å². The Balaban J connectivity index is 2.18. The quantitative estimate of drug-likeness (QED) is 0.514. The van der Waals surface area contributed by atoms with Gasteiger partial charge in [0.2, 0.25) is 0 Å². The molecule has 0 bridgehead atoms. The lowest BCUT2D eigenvalue weighted by Crippen LogP contribution is -2.01. The van der Waals surface area contributed by atoms with Crippen molar-refractivity contribution in [2.45, 2.75) is 6.92 Å². The van der Waals surface area contributed by atoms with Crippen molar-refractivity contribution in [1.82, 2.24) is 4.98 Å². The van der Waals surface area contributed by atoms with Gasteiger partial charge in [0, 0.05) is 11.9 Å². The topological polar surface area (TPSA) is 63.3 Å². The highest BCUT2D eigenvalue weighted by Gasteiger charge is 2.02. The predicted molar refractivity (Wildman–Crippen MR) is 80.9 cm³/mol. The van der Waals surface area contributed by atoms with Gasteiger partial charge in [0.25, 0.3) is 0 Å². The molecule has 19 heavy (non-hydrogen) atoms. The zero-order valence-electron chi connectivity index (χ0n) is 10.2. The Kier molecular flexibility index (Phi) is 4.24. The lowest BCUT2D eigenvalue weighted by atomic mass is 10.1. The number of anilines is 2. The first-order valence-corrected chi connectivity index (χ1v) is 6.29. The van der Waals surface area contributed by atoms with Crippen LogP contribution in [-0.4, -0.2) is 10.7 Å². The molecular formula is C13H12Cl2N4. The van der Waals surface area contributed by atoms with Crippen LogP contribution in [0.5, 0.6) is 0 Å². The van der Waals surface area contributed by atoms with Gasteiger partial charge in [-0.3, -0.25) is 5.43 Å². The number of halogens is 2. The molecule has 0 saturated carbocycles. The molecule has 0 amide bonds. The second-order valence-corrected chi connectivity index (χ2v) is 4.76. The summed E-state index contributed by atoms with van der Waals surface area (Å²) in [6.07, 6.45) is 1.50.